The first-order valence-electron chi connectivity index (χ1n) is 11.1. The van der Waals surface area contributed by atoms with E-state index < -0.39 is 27.9 Å². The maximum atomic E-state index is 13.3. The second-order valence-corrected chi connectivity index (χ2v) is 10.5. The summed E-state index contributed by atoms with van der Waals surface area (Å²) in [5.74, 6) is -1.41. The molecular formula is C24H28ClN3O5S. The molecule has 8 nitrogen and oxygen atoms in total. The van der Waals surface area contributed by atoms with Crippen molar-refractivity contribution in [3.8, 4) is 0 Å². The number of hydrogen-bond donors (Lipinski definition) is 1. The summed E-state index contributed by atoms with van der Waals surface area (Å²) in [5, 5.41) is 3.42. The summed E-state index contributed by atoms with van der Waals surface area (Å²) in [6, 6.07) is 12.0. The van der Waals surface area contributed by atoms with Crippen LogP contribution in [0.15, 0.2) is 53.4 Å². The zero-order valence-electron chi connectivity index (χ0n) is 19.3. The van der Waals surface area contributed by atoms with E-state index in [0.29, 0.717) is 5.02 Å². The maximum absolute atomic E-state index is 13.3. The van der Waals surface area contributed by atoms with Gasteiger partial charge in [-0.3, -0.25) is 14.4 Å². The van der Waals surface area contributed by atoms with Crippen LogP contribution in [-0.4, -0.2) is 54.0 Å². The van der Waals surface area contributed by atoms with Gasteiger partial charge in [0.2, 0.25) is 11.8 Å². The van der Waals surface area contributed by atoms with E-state index in [1.165, 1.54) is 17.0 Å². The Morgan fingerprint density at radius 2 is 1.74 bits per heavy atom. The molecule has 1 aliphatic heterocycles. The zero-order valence-corrected chi connectivity index (χ0v) is 20.9. The van der Waals surface area contributed by atoms with Gasteiger partial charge in [0.1, 0.15) is 10.9 Å². The van der Waals surface area contributed by atoms with Crippen LogP contribution >= 0.6 is 11.6 Å². The molecule has 1 aliphatic rings. The van der Waals surface area contributed by atoms with Crippen LogP contribution in [0.4, 0.5) is 0 Å². The largest absolute Gasteiger partial charge is 0.352 e. The third kappa shape index (κ3) is 5.42. The molecule has 0 unspecified atom stereocenters. The summed E-state index contributed by atoms with van der Waals surface area (Å²) in [6.07, 6.45) is 0.479. The molecular weight excluding hydrogens is 478 g/mol. The molecule has 0 saturated carbocycles. The Balaban J connectivity index is 1.79. The molecule has 2 aromatic rings. The van der Waals surface area contributed by atoms with Crippen molar-refractivity contribution in [3.63, 3.8) is 0 Å². The second-order valence-electron chi connectivity index (χ2n) is 8.27. The van der Waals surface area contributed by atoms with E-state index in [0.717, 1.165) is 16.3 Å². The van der Waals surface area contributed by atoms with Gasteiger partial charge in [-0.2, -0.15) is 0 Å². The van der Waals surface area contributed by atoms with Crippen LogP contribution in [0.3, 0.4) is 0 Å². The van der Waals surface area contributed by atoms with E-state index >= 15 is 0 Å². The molecule has 34 heavy (non-hydrogen) atoms. The van der Waals surface area contributed by atoms with Crippen LogP contribution in [0.1, 0.15) is 49.5 Å². The zero-order chi connectivity index (χ0) is 25.0. The van der Waals surface area contributed by atoms with E-state index in [-0.39, 0.29) is 41.9 Å². The first-order valence-corrected chi connectivity index (χ1v) is 12.9. The molecule has 1 heterocycles. The fraction of sp³-hybridized carbons (Fsp3) is 0.375. The average molecular weight is 506 g/mol. The molecule has 2 aromatic carbocycles. The predicted molar refractivity (Wildman–Crippen MR) is 129 cm³/mol. The van der Waals surface area contributed by atoms with Crippen LogP contribution < -0.4 is 5.32 Å². The number of amides is 3. The highest BCUT2D eigenvalue weighted by Gasteiger charge is 2.41. The molecule has 10 heteroatoms. The first-order chi connectivity index (χ1) is 16.1. The van der Waals surface area contributed by atoms with Crippen molar-refractivity contribution in [2.24, 2.45) is 0 Å². The van der Waals surface area contributed by atoms with Gasteiger partial charge in [0.05, 0.1) is 5.56 Å². The van der Waals surface area contributed by atoms with Gasteiger partial charge in [-0.25, -0.2) is 12.7 Å². The Morgan fingerprint density at radius 3 is 2.35 bits per heavy atom. The smallest absolute Gasteiger partial charge is 0.269 e. The molecule has 0 radical (unpaired) electrons. The van der Waals surface area contributed by atoms with E-state index in [1.54, 1.807) is 43.3 Å². The number of fused-ring (bicyclic) bond motifs is 1. The number of rotatable bonds is 9. The fourth-order valence-electron chi connectivity index (χ4n) is 3.63. The molecule has 0 aliphatic carbocycles. The predicted octanol–water partition coefficient (Wildman–Crippen LogP) is 3.21. The van der Waals surface area contributed by atoms with Crippen molar-refractivity contribution in [1.29, 1.82) is 0 Å². The van der Waals surface area contributed by atoms with Gasteiger partial charge in [-0.05, 0) is 50.1 Å². The highest BCUT2D eigenvalue weighted by Crippen LogP contribution is 2.30. The molecule has 3 amide bonds. The minimum absolute atomic E-state index is 0.0618. The van der Waals surface area contributed by atoms with Gasteiger partial charge in [0, 0.05) is 30.6 Å². The number of nitrogens with zero attached hydrogens (tertiary/aromatic N) is 2. The molecule has 0 saturated heterocycles. The van der Waals surface area contributed by atoms with Gasteiger partial charge >= 0.3 is 0 Å². The van der Waals surface area contributed by atoms with Gasteiger partial charge in [0.25, 0.3) is 15.9 Å². The third-order valence-corrected chi connectivity index (χ3v) is 7.97. The van der Waals surface area contributed by atoms with Crippen LogP contribution in [0.2, 0.25) is 5.02 Å². The van der Waals surface area contributed by atoms with Gasteiger partial charge in [0.15, 0.2) is 0 Å². The molecule has 0 fully saturated rings. The molecule has 0 spiro atoms. The summed E-state index contributed by atoms with van der Waals surface area (Å²) < 4.78 is 26.3. The number of nitrogens with one attached hydrogen (secondary N) is 1. The Bertz CT molecular complexity index is 1180. The summed E-state index contributed by atoms with van der Waals surface area (Å²) in [5.41, 5.74) is 0.854. The number of hydrogen-bond acceptors (Lipinski definition) is 5. The minimum Gasteiger partial charge on any atom is -0.352 e. The van der Waals surface area contributed by atoms with E-state index in [4.69, 9.17) is 11.6 Å². The number of sulfonamides is 1. The summed E-state index contributed by atoms with van der Waals surface area (Å²) in [6.45, 7) is 5.26. The first kappa shape index (κ1) is 25.7. The van der Waals surface area contributed by atoms with Crippen molar-refractivity contribution in [3.05, 3.63) is 64.7 Å². The molecule has 3 rings (SSSR count). The number of carbonyl (C=O) groups excluding carboxylic acids is 3. The average Bonchev–Trinajstić information content (AvgIpc) is 3.01. The third-order valence-electron chi connectivity index (χ3n) is 5.88. The van der Waals surface area contributed by atoms with Crippen molar-refractivity contribution in [1.82, 2.24) is 14.5 Å². The van der Waals surface area contributed by atoms with E-state index in [1.807, 2.05) is 13.8 Å². The minimum atomic E-state index is -4.02. The lowest BCUT2D eigenvalue weighted by atomic mass is 10.1. The topological polar surface area (TPSA) is 104 Å². The Hall–Kier alpha value is -2.91. The highest BCUT2D eigenvalue weighted by atomic mass is 35.5. The van der Waals surface area contributed by atoms with Gasteiger partial charge in [-0.15, -0.1) is 0 Å². The van der Waals surface area contributed by atoms with Gasteiger partial charge < -0.3 is 10.2 Å². The standard InChI is InChI=1S/C24H28ClN3O5S/c1-4-16(2)26-23(30)17(3)27(15-18-9-11-19(25)12-10-18)22(29)13-14-28-24(31)20-7-5-6-8-21(20)34(28,32)33/h5-12,16-17H,4,13-15H2,1-3H3,(H,26,30)/t16-,17-/m1/s1. The maximum Gasteiger partial charge on any atom is 0.269 e. The molecule has 1 N–H and O–H groups in total. The highest BCUT2D eigenvalue weighted by molar-refractivity contribution is 7.90. The quantitative estimate of drug-likeness (QED) is 0.563. The van der Waals surface area contributed by atoms with Gasteiger partial charge in [-0.1, -0.05) is 42.8 Å². The van der Waals surface area contributed by atoms with Crippen LogP contribution in [0.25, 0.3) is 0 Å². The number of benzene rings is 2. The summed E-state index contributed by atoms with van der Waals surface area (Å²) in [7, 11) is -4.02. The Morgan fingerprint density at radius 1 is 1.09 bits per heavy atom. The van der Waals surface area contributed by atoms with Crippen LogP contribution in [0, 0.1) is 0 Å². The Labute approximate surface area is 204 Å². The van der Waals surface area contributed by atoms with Crippen molar-refractivity contribution >= 4 is 39.3 Å². The van der Waals surface area contributed by atoms with E-state index in [2.05, 4.69) is 5.32 Å². The molecule has 182 valence electrons. The summed E-state index contributed by atoms with van der Waals surface area (Å²) in [4.78, 5) is 40.0. The monoisotopic (exact) mass is 505 g/mol. The van der Waals surface area contributed by atoms with Crippen molar-refractivity contribution in [2.75, 3.05) is 6.54 Å². The lowest BCUT2D eigenvalue weighted by molar-refractivity contribution is -0.140. The fourth-order valence-corrected chi connectivity index (χ4v) is 5.32. The van der Waals surface area contributed by atoms with Crippen molar-refractivity contribution < 1.29 is 22.8 Å². The normalized spacial score (nSPS) is 16.0. The Kier molecular flexibility index (Phi) is 7.99. The molecule has 0 aromatic heterocycles. The molecule has 0 bridgehead atoms. The lowest BCUT2D eigenvalue weighted by Crippen LogP contribution is -2.50. The number of halogens is 1. The number of carbonyl (C=O) groups is 3. The lowest BCUT2D eigenvalue weighted by Gasteiger charge is -2.30. The van der Waals surface area contributed by atoms with Crippen LogP contribution in [0.5, 0.6) is 0 Å². The summed E-state index contributed by atoms with van der Waals surface area (Å²) >= 11 is 5.96. The second kappa shape index (κ2) is 10.6. The van der Waals surface area contributed by atoms with E-state index in [9.17, 15) is 22.8 Å². The van der Waals surface area contributed by atoms with Crippen LogP contribution in [-0.2, 0) is 26.2 Å². The molecule has 2 atom stereocenters. The SMILES string of the molecule is CC[C@@H](C)NC(=O)[C@@H](C)N(Cc1ccc(Cl)cc1)C(=O)CCN1C(=O)c2ccccc2S1(=O)=O. The van der Waals surface area contributed by atoms with Crippen molar-refractivity contribution in [2.45, 2.75) is 57.1 Å².